The van der Waals surface area contributed by atoms with E-state index in [1.54, 1.807) is 12.1 Å². The van der Waals surface area contributed by atoms with Crippen molar-refractivity contribution in [3.05, 3.63) is 29.8 Å². The van der Waals surface area contributed by atoms with Gasteiger partial charge in [0.05, 0.1) is 4.90 Å². The summed E-state index contributed by atoms with van der Waals surface area (Å²) in [6.45, 7) is 6.04. The smallest absolute Gasteiger partial charge is 0.243 e. The number of sulfonamides is 1. The van der Waals surface area contributed by atoms with Crippen LogP contribution in [0.3, 0.4) is 0 Å². The molecule has 0 spiro atoms. The number of carbonyl (C=O) groups excluding carboxylic acids is 1. The van der Waals surface area contributed by atoms with Gasteiger partial charge in [0.2, 0.25) is 15.9 Å². The summed E-state index contributed by atoms with van der Waals surface area (Å²) < 4.78 is 27.4. The molecule has 2 aliphatic rings. The fraction of sp³-hybridized carbons (Fsp3) is 0.667. The molecule has 1 saturated carbocycles. The average molecular weight is 393 g/mol. The summed E-state index contributed by atoms with van der Waals surface area (Å²) >= 11 is 0. The minimum atomic E-state index is -3.49. The van der Waals surface area contributed by atoms with E-state index in [1.807, 2.05) is 17.0 Å². The third-order valence-corrected chi connectivity index (χ3v) is 8.12. The number of carbonyl (C=O) groups is 1. The monoisotopic (exact) mass is 392 g/mol. The summed E-state index contributed by atoms with van der Waals surface area (Å²) in [5.41, 5.74) is 1.17. The van der Waals surface area contributed by atoms with Crippen LogP contribution in [0.4, 0.5) is 0 Å². The molecule has 5 nitrogen and oxygen atoms in total. The highest BCUT2D eigenvalue weighted by molar-refractivity contribution is 7.89. The third-order valence-electron chi connectivity index (χ3n) is 6.20. The number of hydrogen-bond donors (Lipinski definition) is 0. The molecule has 3 rings (SSSR count). The first-order valence-electron chi connectivity index (χ1n) is 10.3. The molecule has 1 aromatic carbocycles. The zero-order valence-corrected chi connectivity index (χ0v) is 17.4. The minimum Gasteiger partial charge on any atom is -0.340 e. The van der Waals surface area contributed by atoms with E-state index < -0.39 is 10.0 Å². The summed E-state index contributed by atoms with van der Waals surface area (Å²) in [6.07, 6.45) is 6.50. The molecule has 1 unspecified atom stereocenters. The van der Waals surface area contributed by atoms with Gasteiger partial charge in [-0.25, -0.2) is 8.42 Å². The number of hydrogen-bond acceptors (Lipinski definition) is 3. The molecule has 1 aliphatic carbocycles. The lowest BCUT2D eigenvalue weighted by Crippen LogP contribution is -2.52. The van der Waals surface area contributed by atoms with Gasteiger partial charge in [0, 0.05) is 32.1 Å². The Hall–Kier alpha value is -1.40. The summed E-state index contributed by atoms with van der Waals surface area (Å²) in [4.78, 5) is 14.9. The maximum absolute atomic E-state index is 12.9. The maximum atomic E-state index is 12.9. The fourth-order valence-electron chi connectivity index (χ4n) is 4.11. The summed E-state index contributed by atoms with van der Waals surface area (Å²) in [7, 11) is -3.49. The molecule has 0 N–H and O–H groups in total. The second-order valence-corrected chi connectivity index (χ2v) is 9.88. The van der Waals surface area contributed by atoms with Crippen molar-refractivity contribution in [3.8, 4) is 0 Å². The normalized spacial score (nSPS) is 21.2. The quantitative estimate of drug-likeness (QED) is 0.769. The SMILES string of the molecule is CCC(C)c1ccc(S(=O)(=O)N2CCN(C(=O)C3CCCCC3)CC2)cc1. The second kappa shape index (κ2) is 8.74. The summed E-state index contributed by atoms with van der Waals surface area (Å²) in [5.74, 6) is 0.802. The Morgan fingerprint density at radius 3 is 2.19 bits per heavy atom. The van der Waals surface area contributed by atoms with Gasteiger partial charge in [0.1, 0.15) is 0 Å². The molecule has 0 bridgehead atoms. The first kappa shape index (κ1) is 20.3. The van der Waals surface area contributed by atoms with Crippen molar-refractivity contribution in [2.45, 2.75) is 63.2 Å². The van der Waals surface area contributed by atoms with Gasteiger partial charge in [0.15, 0.2) is 0 Å². The van der Waals surface area contributed by atoms with Crippen LogP contribution in [0, 0.1) is 5.92 Å². The Morgan fingerprint density at radius 1 is 1.04 bits per heavy atom. The van der Waals surface area contributed by atoms with Crippen LogP contribution in [0.5, 0.6) is 0 Å². The number of piperazine rings is 1. The van der Waals surface area contributed by atoms with Crippen molar-refractivity contribution in [2.24, 2.45) is 5.92 Å². The average Bonchev–Trinajstić information content (AvgIpc) is 2.73. The van der Waals surface area contributed by atoms with E-state index in [0.29, 0.717) is 37.0 Å². The van der Waals surface area contributed by atoms with Crippen LogP contribution >= 0.6 is 0 Å². The molecule has 0 aromatic heterocycles. The second-order valence-electron chi connectivity index (χ2n) is 7.94. The predicted octanol–water partition coefficient (Wildman–Crippen LogP) is 3.61. The molecule has 1 heterocycles. The fourth-order valence-corrected chi connectivity index (χ4v) is 5.53. The maximum Gasteiger partial charge on any atom is 0.243 e. The van der Waals surface area contributed by atoms with Gasteiger partial charge in [-0.1, -0.05) is 45.2 Å². The highest BCUT2D eigenvalue weighted by atomic mass is 32.2. The third kappa shape index (κ3) is 4.54. The van der Waals surface area contributed by atoms with E-state index >= 15 is 0 Å². The van der Waals surface area contributed by atoms with Crippen LogP contribution in [0.15, 0.2) is 29.2 Å². The first-order chi connectivity index (χ1) is 12.9. The van der Waals surface area contributed by atoms with Crippen LogP contribution < -0.4 is 0 Å². The van der Waals surface area contributed by atoms with Gasteiger partial charge < -0.3 is 4.90 Å². The highest BCUT2D eigenvalue weighted by Crippen LogP contribution is 2.27. The van der Waals surface area contributed by atoms with Crippen LogP contribution in [-0.4, -0.2) is 49.7 Å². The molecule has 1 aromatic rings. The molecule has 1 saturated heterocycles. The van der Waals surface area contributed by atoms with Gasteiger partial charge in [-0.05, 0) is 42.9 Å². The van der Waals surface area contributed by atoms with E-state index in [9.17, 15) is 13.2 Å². The molecule has 27 heavy (non-hydrogen) atoms. The Balaban J connectivity index is 1.61. The molecular formula is C21H32N2O3S. The van der Waals surface area contributed by atoms with Crippen molar-refractivity contribution in [1.29, 1.82) is 0 Å². The van der Waals surface area contributed by atoms with E-state index in [-0.39, 0.29) is 11.8 Å². The number of rotatable bonds is 5. The Kier molecular flexibility index (Phi) is 6.58. The molecule has 1 atom stereocenters. The lowest BCUT2D eigenvalue weighted by Gasteiger charge is -2.36. The van der Waals surface area contributed by atoms with Gasteiger partial charge in [-0.2, -0.15) is 4.31 Å². The zero-order valence-electron chi connectivity index (χ0n) is 16.6. The largest absolute Gasteiger partial charge is 0.340 e. The van der Waals surface area contributed by atoms with Crippen LogP contribution in [0.1, 0.15) is 63.9 Å². The molecule has 1 aliphatic heterocycles. The van der Waals surface area contributed by atoms with E-state index in [4.69, 9.17) is 0 Å². The molecule has 2 fully saturated rings. The van der Waals surface area contributed by atoms with Crippen LogP contribution in [0.25, 0.3) is 0 Å². The predicted molar refractivity (Wildman–Crippen MR) is 107 cm³/mol. The van der Waals surface area contributed by atoms with Crippen LogP contribution in [0.2, 0.25) is 0 Å². The lowest BCUT2D eigenvalue weighted by atomic mass is 9.88. The van der Waals surface area contributed by atoms with Gasteiger partial charge >= 0.3 is 0 Å². The molecular weight excluding hydrogens is 360 g/mol. The van der Waals surface area contributed by atoms with Crippen molar-refractivity contribution < 1.29 is 13.2 Å². The van der Waals surface area contributed by atoms with Crippen LogP contribution in [-0.2, 0) is 14.8 Å². The molecule has 150 valence electrons. The number of nitrogens with zero attached hydrogens (tertiary/aromatic N) is 2. The summed E-state index contributed by atoms with van der Waals surface area (Å²) in [6, 6.07) is 7.28. The first-order valence-corrected chi connectivity index (χ1v) is 11.8. The molecule has 1 amide bonds. The minimum absolute atomic E-state index is 0.148. The van der Waals surface area contributed by atoms with Crippen molar-refractivity contribution in [3.63, 3.8) is 0 Å². The van der Waals surface area contributed by atoms with Crippen molar-refractivity contribution in [1.82, 2.24) is 9.21 Å². The van der Waals surface area contributed by atoms with E-state index in [0.717, 1.165) is 32.1 Å². The highest BCUT2D eigenvalue weighted by Gasteiger charge is 2.32. The Bertz CT molecular complexity index is 731. The molecule has 0 radical (unpaired) electrons. The number of benzene rings is 1. The van der Waals surface area contributed by atoms with E-state index in [2.05, 4.69) is 13.8 Å². The molecule has 6 heteroatoms. The zero-order chi connectivity index (χ0) is 19.4. The standard InChI is InChI=1S/C21H32N2O3S/c1-3-17(2)18-9-11-20(12-10-18)27(25,26)23-15-13-22(14-16-23)21(24)19-7-5-4-6-8-19/h9-12,17,19H,3-8,13-16H2,1-2H3. The topological polar surface area (TPSA) is 57.7 Å². The number of amides is 1. The Labute approximate surface area is 163 Å². The Morgan fingerprint density at radius 2 is 1.63 bits per heavy atom. The van der Waals surface area contributed by atoms with E-state index in [1.165, 1.54) is 16.3 Å². The summed E-state index contributed by atoms with van der Waals surface area (Å²) in [5, 5.41) is 0. The van der Waals surface area contributed by atoms with Crippen molar-refractivity contribution >= 4 is 15.9 Å². The van der Waals surface area contributed by atoms with Gasteiger partial charge in [-0.3, -0.25) is 4.79 Å². The van der Waals surface area contributed by atoms with Gasteiger partial charge in [-0.15, -0.1) is 0 Å². The van der Waals surface area contributed by atoms with Gasteiger partial charge in [0.25, 0.3) is 0 Å². The van der Waals surface area contributed by atoms with Crippen molar-refractivity contribution in [2.75, 3.05) is 26.2 Å². The lowest BCUT2D eigenvalue weighted by molar-refractivity contribution is -0.137.